The highest BCUT2D eigenvalue weighted by Gasteiger charge is 2.33. The fourth-order valence-corrected chi connectivity index (χ4v) is 5.72. The van der Waals surface area contributed by atoms with E-state index in [9.17, 15) is 13.2 Å². The Bertz CT molecular complexity index is 1250. The van der Waals surface area contributed by atoms with E-state index in [1.54, 1.807) is 37.6 Å². The van der Waals surface area contributed by atoms with Gasteiger partial charge in [-0.1, -0.05) is 29.8 Å². The van der Waals surface area contributed by atoms with Crippen LogP contribution in [0.15, 0.2) is 65.8 Å². The minimum atomic E-state index is -3.57. The molecule has 9 heteroatoms. The van der Waals surface area contributed by atoms with Crippen molar-refractivity contribution in [2.75, 3.05) is 20.2 Å². The zero-order valence-corrected chi connectivity index (χ0v) is 20.5. The number of imidazole rings is 1. The molecule has 8 nitrogen and oxygen atoms in total. The third kappa shape index (κ3) is 5.00. The Labute approximate surface area is 200 Å². The maximum atomic E-state index is 13.3. The summed E-state index contributed by atoms with van der Waals surface area (Å²) in [7, 11) is -0.0803. The molecule has 1 saturated heterocycles. The molecular weight excluding hydrogens is 452 g/mol. The van der Waals surface area contributed by atoms with Crippen LogP contribution in [0.2, 0.25) is 0 Å². The van der Waals surface area contributed by atoms with Crippen molar-refractivity contribution in [1.82, 2.24) is 19.2 Å². The third-order valence-electron chi connectivity index (χ3n) is 6.31. The number of carbonyl (C=O) groups excluding carboxylic acids is 1. The SMILES string of the molecule is COc1cccc([C@@H](NC(=O)C2CCN(S(=O)(=O)c3ccc(C)cc3)CC2)c2nccn2C)c1. The predicted molar refractivity (Wildman–Crippen MR) is 129 cm³/mol. The molecule has 1 aromatic heterocycles. The molecule has 0 spiro atoms. The van der Waals surface area contributed by atoms with E-state index >= 15 is 0 Å². The van der Waals surface area contributed by atoms with E-state index in [0.29, 0.717) is 37.5 Å². The number of hydrogen-bond acceptors (Lipinski definition) is 5. The molecule has 1 aliphatic heterocycles. The predicted octanol–water partition coefficient (Wildman–Crippen LogP) is 3.04. The Morgan fingerprint density at radius 3 is 2.47 bits per heavy atom. The highest BCUT2D eigenvalue weighted by atomic mass is 32.2. The number of piperidine rings is 1. The molecule has 4 rings (SSSR count). The Morgan fingerprint density at radius 1 is 1.15 bits per heavy atom. The van der Waals surface area contributed by atoms with Crippen LogP contribution in [0.3, 0.4) is 0 Å². The average molecular weight is 483 g/mol. The first-order valence-electron chi connectivity index (χ1n) is 11.3. The number of nitrogens with one attached hydrogen (secondary N) is 1. The fourth-order valence-electron chi connectivity index (χ4n) is 4.25. The van der Waals surface area contributed by atoms with Gasteiger partial charge in [0, 0.05) is 38.4 Å². The molecule has 34 heavy (non-hydrogen) atoms. The van der Waals surface area contributed by atoms with Gasteiger partial charge in [-0.3, -0.25) is 4.79 Å². The summed E-state index contributed by atoms with van der Waals surface area (Å²) in [5.41, 5.74) is 1.87. The smallest absolute Gasteiger partial charge is 0.243 e. The third-order valence-corrected chi connectivity index (χ3v) is 8.23. The van der Waals surface area contributed by atoms with Crippen LogP contribution in [0, 0.1) is 12.8 Å². The molecule has 0 bridgehead atoms. The van der Waals surface area contributed by atoms with E-state index in [0.717, 1.165) is 11.1 Å². The van der Waals surface area contributed by atoms with Gasteiger partial charge < -0.3 is 14.6 Å². The number of aromatic nitrogens is 2. The lowest BCUT2D eigenvalue weighted by atomic mass is 9.96. The highest BCUT2D eigenvalue weighted by Crippen LogP contribution is 2.28. The van der Waals surface area contributed by atoms with Crippen LogP contribution >= 0.6 is 0 Å². The van der Waals surface area contributed by atoms with Gasteiger partial charge in [-0.05, 0) is 49.6 Å². The lowest BCUT2D eigenvalue weighted by Gasteiger charge is -2.31. The van der Waals surface area contributed by atoms with Crippen molar-refractivity contribution in [1.29, 1.82) is 0 Å². The number of methoxy groups -OCH3 is 1. The molecule has 0 radical (unpaired) electrons. The molecule has 1 N–H and O–H groups in total. The summed E-state index contributed by atoms with van der Waals surface area (Å²) in [6.07, 6.45) is 4.46. The van der Waals surface area contributed by atoms with Crippen LogP contribution in [-0.4, -0.2) is 48.4 Å². The van der Waals surface area contributed by atoms with E-state index in [1.807, 2.05) is 49.0 Å². The summed E-state index contributed by atoms with van der Waals surface area (Å²) >= 11 is 0. The van der Waals surface area contributed by atoms with E-state index < -0.39 is 16.1 Å². The number of rotatable bonds is 7. The molecule has 1 aliphatic rings. The lowest BCUT2D eigenvalue weighted by Crippen LogP contribution is -2.44. The number of sulfonamides is 1. The zero-order chi connectivity index (χ0) is 24.3. The quantitative estimate of drug-likeness (QED) is 0.559. The summed E-state index contributed by atoms with van der Waals surface area (Å²) in [6.45, 7) is 2.53. The van der Waals surface area contributed by atoms with E-state index in [4.69, 9.17) is 4.74 Å². The van der Waals surface area contributed by atoms with Gasteiger partial charge in [-0.25, -0.2) is 13.4 Å². The van der Waals surface area contributed by atoms with Gasteiger partial charge in [0.15, 0.2) is 0 Å². The van der Waals surface area contributed by atoms with E-state index in [1.165, 1.54) is 4.31 Å². The summed E-state index contributed by atoms with van der Waals surface area (Å²) in [6, 6.07) is 14.0. The van der Waals surface area contributed by atoms with Gasteiger partial charge in [0.2, 0.25) is 15.9 Å². The molecule has 1 fully saturated rings. The van der Waals surface area contributed by atoms with E-state index in [-0.39, 0.29) is 16.7 Å². The molecular formula is C25H30N4O4S. The number of nitrogens with zero attached hydrogens (tertiary/aromatic N) is 3. The highest BCUT2D eigenvalue weighted by molar-refractivity contribution is 7.89. The molecule has 3 aromatic rings. The van der Waals surface area contributed by atoms with Gasteiger partial charge in [0.05, 0.1) is 12.0 Å². The lowest BCUT2D eigenvalue weighted by molar-refractivity contribution is -0.126. The van der Waals surface area contributed by atoms with Crippen molar-refractivity contribution < 1.29 is 17.9 Å². The van der Waals surface area contributed by atoms with Crippen LogP contribution < -0.4 is 10.1 Å². The fraction of sp³-hybridized carbons (Fsp3) is 0.360. The van der Waals surface area contributed by atoms with Crippen LogP contribution in [0.5, 0.6) is 5.75 Å². The minimum absolute atomic E-state index is 0.108. The van der Waals surface area contributed by atoms with E-state index in [2.05, 4.69) is 10.3 Å². The minimum Gasteiger partial charge on any atom is -0.497 e. The monoisotopic (exact) mass is 482 g/mol. The Kier molecular flexibility index (Phi) is 7.04. The second-order valence-corrected chi connectivity index (χ2v) is 10.5. The van der Waals surface area contributed by atoms with Crippen molar-refractivity contribution >= 4 is 15.9 Å². The van der Waals surface area contributed by atoms with Crippen LogP contribution in [0.1, 0.15) is 35.8 Å². The van der Waals surface area contributed by atoms with Crippen molar-refractivity contribution in [3.05, 3.63) is 77.9 Å². The molecule has 2 aromatic carbocycles. The van der Waals surface area contributed by atoms with Crippen molar-refractivity contribution in [3.8, 4) is 5.75 Å². The number of aryl methyl sites for hydroxylation is 2. The molecule has 1 amide bonds. The summed E-state index contributed by atoms with van der Waals surface area (Å²) in [4.78, 5) is 18.0. The molecule has 180 valence electrons. The summed E-state index contributed by atoms with van der Waals surface area (Å²) < 4.78 is 34.7. The molecule has 0 aliphatic carbocycles. The van der Waals surface area contributed by atoms with Crippen molar-refractivity contribution in [3.63, 3.8) is 0 Å². The van der Waals surface area contributed by atoms with Crippen LogP contribution in [-0.2, 0) is 21.9 Å². The summed E-state index contributed by atoms with van der Waals surface area (Å²) in [5, 5.41) is 3.14. The standard InChI is InChI=1S/C25H30N4O4S/c1-18-7-9-22(10-8-18)34(31,32)29-14-11-19(12-15-29)25(30)27-23(24-26-13-16-28(24)2)20-5-4-6-21(17-20)33-3/h4-10,13,16-17,19,23H,11-12,14-15H2,1-3H3,(H,27,30)/t23-/m1/s1. The first-order valence-corrected chi connectivity index (χ1v) is 12.7. The zero-order valence-electron chi connectivity index (χ0n) is 19.6. The average Bonchev–Trinajstić information content (AvgIpc) is 3.28. The number of amides is 1. The molecule has 1 atom stereocenters. The maximum Gasteiger partial charge on any atom is 0.243 e. The first-order chi connectivity index (χ1) is 16.3. The van der Waals surface area contributed by atoms with Gasteiger partial charge in [0.1, 0.15) is 17.6 Å². The number of ether oxygens (including phenoxy) is 1. The largest absolute Gasteiger partial charge is 0.497 e. The van der Waals surface area contributed by atoms with Crippen molar-refractivity contribution in [2.45, 2.75) is 30.7 Å². The molecule has 0 unspecified atom stereocenters. The first kappa shape index (κ1) is 24.0. The Hall–Kier alpha value is -3.17. The van der Waals surface area contributed by atoms with Gasteiger partial charge in [0.25, 0.3) is 0 Å². The normalized spacial score (nSPS) is 16.2. The second-order valence-electron chi connectivity index (χ2n) is 8.61. The number of carbonyl (C=O) groups is 1. The Morgan fingerprint density at radius 2 is 1.85 bits per heavy atom. The van der Waals surface area contributed by atoms with Crippen molar-refractivity contribution in [2.24, 2.45) is 13.0 Å². The topological polar surface area (TPSA) is 93.5 Å². The van der Waals surface area contributed by atoms with Crippen LogP contribution in [0.4, 0.5) is 0 Å². The van der Waals surface area contributed by atoms with Gasteiger partial charge >= 0.3 is 0 Å². The summed E-state index contributed by atoms with van der Waals surface area (Å²) in [5.74, 6) is 1.02. The number of benzene rings is 2. The van der Waals surface area contributed by atoms with Gasteiger partial charge in [-0.2, -0.15) is 4.31 Å². The second kappa shape index (κ2) is 9.99. The van der Waals surface area contributed by atoms with Gasteiger partial charge in [-0.15, -0.1) is 0 Å². The maximum absolute atomic E-state index is 13.3. The Balaban J connectivity index is 1.47. The molecule has 2 heterocycles. The number of hydrogen-bond donors (Lipinski definition) is 1. The van der Waals surface area contributed by atoms with Crippen LogP contribution in [0.25, 0.3) is 0 Å². The molecule has 0 saturated carbocycles.